The summed E-state index contributed by atoms with van der Waals surface area (Å²) in [5.41, 5.74) is 4.22. The predicted molar refractivity (Wildman–Crippen MR) is 105 cm³/mol. The van der Waals surface area contributed by atoms with Crippen LogP contribution >= 0.6 is 0 Å². The van der Waals surface area contributed by atoms with Crippen molar-refractivity contribution < 1.29 is 19.4 Å². The average molecular weight is 365 g/mol. The van der Waals surface area contributed by atoms with Crippen molar-refractivity contribution in [2.75, 3.05) is 7.11 Å². The van der Waals surface area contributed by atoms with E-state index in [9.17, 15) is 9.59 Å². The maximum Gasteiger partial charge on any atom is 0.303 e. The zero-order chi connectivity index (χ0) is 19.6. The Morgan fingerprint density at radius 1 is 1.11 bits per heavy atom. The molecular formula is C22H23NO4. The number of nitrogens with zero attached hydrogens (tertiary/aromatic N) is 1. The number of methoxy groups -OCH3 is 1. The summed E-state index contributed by atoms with van der Waals surface area (Å²) in [4.78, 5) is 24.4. The molecule has 3 rings (SSSR count). The van der Waals surface area contributed by atoms with Crippen LogP contribution in [0.25, 0.3) is 10.9 Å². The van der Waals surface area contributed by atoms with E-state index in [1.54, 1.807) is 11.7 Å². The molecule has 27 heavy (non-hydrogen) atoms. The molecular weight excluding hydrogens is 342 g/mol. The maximum absolute atomic E-state index is 13.3. The normalized spacial score (nSPS) is 10.9. The van der Waals surface area contributed by atoms with Crippen LogP contribution in [-0.4, -0.2) is 28.7 Å². The molecule has 5 heteroatoms. The van der Waals surface area contributed by atoms with E-state index in [1.807, 2.05) is 56.3 Å². The standard InChI is InChI=1S/C22H23NO4/c1-4-19-17(10-12-21(24)25)18-13-16(27-3)9-11-20(18)23(19)22(26)15-7-5-14(2)6-8-15/h5-9,11,13H,4,10,12H2,1-3H3,(H,24,25). The quantitative estimate of drug-likeness (QED) is 0.710. The lowest BCUT2D eigenvalue weighted by Gasteiger charge is -2.10. The van der Waals surface area contributed by atoms with Crippen LogP contribution in [0.4, 0.5) is 0 Å². The van der Waals surface area contributed by atoms with E-state index in [-0.39, 0.29) is 12.3 Å². The van der Waals surface area contributed by atoms with Crippen LogP contribution in [0.5, 0.6) is 5.75 Å². The Kier molecular flexibility index (Phi) is 5.31. The number of rotatable bonds is 6. The fourth-order valence-electron chi connectivity index (χ4n) is 3.45. The van der Waals surface area contributed by atoms with E-state index in [0.717, 1.165) is 27.7 Å². The van der Waals surface area contributed by atoms with Crippen LogP contribution in [0.3, 0.4) is 0 Å². The Hall–Kier alpha value is -3.08. The van der Waals surface area contributed by atoms with Crippen LogP contribution in [0, 0.1) is 6.92 Å². The lowest BCUT2D eigenvalue weighted by Crippen LogP contribution is -2.15. The highest BCUT2D eigenvalue weighted by Gasteiger charge is 2.22. The van der Waals surface area contributed by atoms with Crippen molar-refractivity contribution >= 4 is 22.8 Å². The van der Waals surface area contributed by atoms with Gasteiger partial charge in [-0.3, -0.25) is 14.2 Å². The summed E-state index contributed by atoms with van der Waals surface area (Å²) < 4.78 is 7.05. The van der Waals surface area contributed by atoms with Gasteiger partial charge < -0.3 is 9.84 Å². The van der Waals surface area contributed by atoms with Crippen LogP contribution < -0.4 is 4.74 Å². The van der Waals surface area contributed by atoms with Crippen LogP contribution in [0.2, 0.25) is 0 Å². The van der Waals surface area contributed by atoms with Gasteiger partial charge in [0, 0.05) is 23.1 Å². The number of carboxylic acids is 1. The molecule has 0 saturated carbocycles. The minimum atomic E-state index is -0.856. The van der Waals surface area contributed by atoms with Crippen LogP contribution in [-0.2, 0) is 17.6 Å². The molecule has 140 valence electrons. The molecule has 0 unspecified atom stereocenters. The van der Waals surface area contributed by atoms with E-state index in [2.05, 4.69) is 0 Å². The Bertz CT molecular complexity index is 999. The average Bonchev–Trinajstić information content (AvgIpc) is 2.98. The summed E-state index contributed by atoms with van der Waals surface area (Å²) in [5, 5.41) is 10.0. The number of aliphatic carboxylic acids is 1. The lowest BCUT2D eigenvalue weighted by atomic mass is 10.0. The molecule has 1 N–H and O–H groups in total. The van der Waals surface area contributed by atoms with E-state index in [4.69, 9.17) is 9.84 Å². The van der Waals surface area contributed by atoms with E-state index in [0.29, 0.717) is 24.2 Å². The Balaban J connectivity index is 2.22. The largest absolute Gasteiger partial charge is 0.497 e. The third-order valence-electron chi connectivity index (χ3n) is 4.81. The van der Waals surface area contributed by atoms with E-state index in [1.165, 1.54) is 0 Å². The van der Waals surface area contributed by atoms with Gasteiger partial charge in [-0.1, -0.05) is 24.6 Å². The second-order valence-corrected chi connectivity index (χ2v) is 6.56. The van der Waals surface area contributed by atoms with Crippen LogP contribution in [0.15, 0.2) is 42.5 Å². The first-order chi connectivity index (χ1) is 13.0. The van der Waals surface area contributed by atoms with Crippen molar-refractivity contribution in [2.45, 2.75) is 33.1 Å². The number of carboxylic acid groups (broad SMARTS) is 1. The van der Waals surface area contributed by atoms with Crippen LogP contribution in [0.1, 0.15) is 40.5 Å². The molecule has 0 aliphatic rings. The molecule has 0 amide bonds. The van der Waals surface area contributed by atoms with Crippen molar-refractivity contribution in [3.63, 3.8) is 0 Å². The first-order valence-corrected chi connectivity index (χ1v) is 8.99. The second-order valence-electron chi connectivity index (χ2n) is 6.56. The molecule has 3 aromatic rings. The van der Waals surface area contributed by atoms with Crippen molar-refractivity contribution in [2.24, 2.45) is 0 Å². The second kappa shape index (κ2) is 7.66. The first-order valence-electron chi connectivity index (χ1n) is 8.99. The van der Waals surface area contributed by atoms with Gasteiger partial charge in [-0.05, 0) is 55.7 Å². The topological polar surface area (TPSA) is 68.5 Å². The number of ether oxygens (including phenoxy) is 1. The van der Waals surface area contributed by atoms with Gasteiger partial charge in [0.2, 0.25) is 0 Å². The smallest absolute Gasteiger partial charge is 0.303 e. The summed E-state index contributed by atoms with van der Waals surface area (Å²) in [7, 11) is 1.59. The highest BCUT2D eigenvalue weighted by molar-refractivity contribution is 6.04. The molecule has 0 spiro atoms. The number of aromatic nitrogens is 1. The fraction of sp³-hybridized carbons (Fsp3) is 0.273. The van der Waals surface area contributed by atoms with Gasteiger partial charge in [0.05, 0.1) is 12.6 Å². The van der Waals surface area contributed by atoms with Gasteiger partial charge >= 0.3 is 5.97 Å². The molecule has 0 saturated heterocycles. The fourth-order valence-corrected chi connectivity index (χ4v) is 3.45. The number of carbonyl (C=O) groups excluding carboxylic acids is 1. The first kappa shape index (κ1) is 18.7. The number of hydrogen-bond acceptors (Lipinski definition) is 3. The SMILES string of the molecule is CCc1c(CCC(=O)O)c2cc(OC)ccc2n1C(=O)c1ccc(C)cc1. The number of carbonyl (C=O) groups is 2. The van der Waals surface area contributed by atoms with Gasteiger partial charge in [0.25, 0.3) is 5.91 Å². The molecule has 2 aromatic carbocycles. The third-order valence-corrected chi connectivity index (χ3v) is 4.81. The summed E-state index contributed by atoms with van der Waals surface area (Å²) in [6.45, 7) is 3.96. The summed E-state index contributed by atoms with van der Waals surface area (Å²) in [6, 6.07) is 13.0. The zero-order valence-corrected chi connectivity index (χ0v) is 15.8. The summed E-state index contributed by atoms with van der Waals surface area (Å²) >= 11 is 0. The summed E-state index contributed by atoms with van der Waals surface area (Å²) in [6.07, 6.45) is 1.02. The van der Waals surface area contributed by atoms with Gasteiger partial charge in [-0.15, -0.1) is 0 Å². The van der Waals surface area contributed by atoms with Gasteiger partial charge in [0.1, 0.15) is 5.75 Å². The van der Waals surface area contributed by atoms with Gasteiger partial charge in [-0.25, -0.2) is 0 Å². The Morgan fingerprint density at radius 3 is 2.41 bits per heavy atom. The molecule has 0 radical (unpaired) electrons. The molecule has 0 bridgehead atoms. The van der Waals surface area contributed by atoms with Crippen molar-refractivity contribution in [1.29, 1.82) is 0 Å². The van der Waals surface area contributed by atoms with Gasteiger partial charge in [0.15, 0.2) is 0 Å². The maximum atomic E-state index is 13.3. The minimum Gasteiger partial charge on any atom is -0.497 e. The number of fused-ring (bicyclic) bond motifs is 1. The molecule has 1 heterocycles. The minimum absolute atomic E-state index is 0.0159. The lowest BCUT2D eigenvalue weighted by molar-refractivity contribution is -0.136. The predicted octanol–water partition coefficient (Wildman–Crippen LogP) is 4.23. The molecule has 5 nitrogen and oxygen atoms in total. The molecule has 0 aliphatic carbocycles. The molecule has 0 atom stereocenters. The summed E-state index contributed by atoms with van der Waals surface area (Å²) in [5.74, 6) is -0.282. The zero-order valence-electron chi connectivity index (χ0n) is 15.8. The molecule has 1 aromatic heterocycles. The van der Waals surface area contributed by atoms with Crippen molar-refractivity contribution in [3.8, 4) is 5.75 Å². The highest BCUT2D eigenvalue weighted by atomic mass is 16.5. The third kappa shape index (κ3) is 3.58. The number of hydrogen-bond donors (Lipinski definition) is 1. The number of aryl methyl sites for hydroxylation is 2. The Morgan fingerprint density at radius 2 is 1.81 bits per heavy atom. The molecule has 0 aliphatic heterocycles. The van der Waals surface area contributed by atoms with Crippen molar-refractivity contribution in [1.82, 2.24) is 4.57 Å². The number of benzene rings is 2. The highest BCUT2D eigenvalue weighted by Crippen LogP contribution is 2.32. The molecule has 0 fully saturated rings. The monoisotopic (exact) mass is 365 g/mol. The van der Waals surface area contributed by atoms with E-state index < -0.39 is 5.97 Å². The van der Waals surface area contributed by atoms with E-state index >= 15 is 0 Å². The van der Waals surface area contributed by atoms with Gasteiger partial charge in [-0.2, -0.15) is 0 Å². The Labute approximate surface area is 158 Å². The van der Waals surface area contributed by atoms with Crippen molar-refractivity contribution in [3.05, 3.63) is 64.8 Å².